The first-order valence-corrected chi connectivity index (χ1v) is 4.97. The van der Waals surface area contributed by atoms with Gasteiger partial charge in [0.15, 0.2) is 5.78 Å². The Balaban J connectivity index is 2.66. The molecule has 1 rings (SSSR count). The Hall–Kier alpha value is -1.75. The van der Waals surface area contributed by atoms with Crippen molar-refractivity contribution in [3.63, 3.8) is 0 Å². The first-order valence-electron chi connectivity index (χ1n) is 4.97. The molecular weight excluding hydrogens is 188 g/mol. The molecule has 0 spiro atoms. The molecule has 0 bridgehead atoms. The van der Waals surface area contributed by atoms with Gasteiger partial charge < -0.3 is 4.74 Å². The number of hydrogen-bond donors (Lipinski definition) is 0. The van der Waals surface area contributed by atoms with Crippen molar-refractivity contribution in [3.05, 3.63) is 29.8 Å². The Morgan fingerprint density at radius 2 is 2.33 bits per heavy atom. The van der Waals surface area contributed by atoms with Crippen molar-refractivity contribution in [2.45, 2.75) is 19.8 Å². The van der Waals surface area contributed by atoms with Gasteiger partial charge in [-0.05, 0) is 12.1 Å². The molecule has 2 nitrogen and oxygen atoms in total. The van der Waals surface area contributed by atoms with Gasteiger partial charge in [-0.3, -0.25) is 4.79 Å². The predicted molar refractivity (Wildman–Crippen MR) is 60.0 cm³/mol. The lowest BCUT2D eigenvalue weighted by atomic mass is 10.1. The quantitative estimate of drug-likeness (QED) is 0.417. The van der Waals surface area contributed by atoms with E-state index in [1.54, 1.807) is 12.1 Å². The van der Waals surface area contributed by atoms with Gasteiger partial charge in [0.25, 0.3) is 0 Å². The van der Waals surface area contributed by atoms with Gasteiger partial charge in [-0.1, -0.05) is 19.1 Å². The molecule has 0 aliphatic heterocycles. The zero-order valence-electron chi connectivity index (χ0n) is 8.82. The van der Waals surface area contributed by atoms with E-state index < -0.39 is 0 Å². The summed E-state index contributed by atoms with van der Waals surface area (Å²) in [5.74, 6) is 3.32. The molecule has 0 heterocycles. The summed E-state index contributed by atoms with van der Waals surface area (Å²) in [5, 5.41) is 0. The van der Waals surface area contributed by atoms with Crippen LogP contribution in [0.4, 0.5) is 0 Å². The van der Waals surface area contributed by atoms with Crippen LogP contribution in [0.1, 0.15) is 30.1 Å². The molecule has 0 unspecified atom stereocenters. The maximum atomic E-state index is 11.4. The summed E-state index contributed by atoms with van der Waals surface area (Å²) >= 11 is 0. The molecule has 0 aromatic heterocycles. The lowest BCUT2D eigenvalue weighted by Gasteiger charge is -2.05. The molecule has 1 aromatic carbocycles. The average molecular weight is 202 g/mol. The van der Waals surface area contributed by atoms with E-state index in [-0.39, 0.29) is 5.78 Å². The van der Waals surface area contributed by atoms with Crippen LogP contribution >= 0.6 is 0 Å². The van der Waals surface area contributed by atoms with Crippen LogP contribution in [0.2, 0.25) is 0 Å². The Morgan fingerprint density at radius 3 is 3.00 bits per heavy atom. The average Bonchev–Trinajstić information content (AvgIpc) is 2.29. The van der Waals surface area contributed by atoms with Crippen molar-refractivity contribution in [1.29, 1.82) is 0 Å². The molecule has 0 saturated heterocycles. The van der Waals surface area contributed by atoms with Crippen molar-refractivity contribution in [2.24, 2.45) is 0 Å². The van der Waals surface area contributed by atoms with Crippen LogP contribution in [-0.2, 0) is 0 Å². The molecule has 0 aliphatic rings. The van der Waals surface area contributed by atoms with Crippen molar-refractivity contribution in [2.75, 3.05) is 6.61 Å². The highest BCUT2D eigenvalue weighted by atomic mass is 16.5. The topological polar surface area (TPSA) is 26.3 Å². The van der Waals surface area contributed by atoms with Crippen molar-refractivity contribution in [1.82, 2.24) is 0 Å². The van der Waals surface area contributed by atoms with Crippen LogP contribution in [-0.4, -0.2) is 12.4 Å². The third-order valence-electron chi connectivity index (χ3n) is 1.99. The largest absolute Gasteiger partial charge is 0.493 e. The molecule has 0 N–H and O–H groups in total. The SMILES string of the molecule is C#CCCOc1cccc(C(=O)CC)c1. The van der Waals surface area contributed by atoms with E-state index in [9.17, 15) is 4.79 Å². The summed E-state index contributed by atoms with van der Waals surface area (Å²) in [6, 6.07) is 7.18. The fourth-order valence-corrected chi connectivity index (χ4v) is 1.19. The van der Waals surface area contributed by atoms with Gasteiger partial charge in [0, 0.05) is 18.4 Å². The number of Topliss-reactive ketones (excluding diaryl/α,β-unsaturated/α-hetero) is 1. The second-order valence-corrected chi connectivity index (χ2v) is 3.11. The second-order valence-electron chi connectivity index (χ2n) is 3.11. The zero-order chi connectivity index (χ0) is 11.1. The summed E-state index contributed by atoms with van der Waals surface area (Å²) in [7, 11) is 0. The van der Waals surface area contributed by atoms with Gasteiger partial charge in [-0.15, -0.1) is 12.3 Å². The lowest BCUT2D eigenvalue weighted by Crippen LogP contribution is -1.99. The number of carbonyl (C=O) groups is 1. The number of carbonyl (C=O) groups excluding carboxylic acids is 1. The molecule has 0 amide bonds. The number of ketones is 1. The minimum atomic E-state index is 0.123. The first-order chi connectivity index (χ1) is 7.27. The number of ether oxygens (including phenoxy) is 1. The van der Waals surface area contributed by atoms with E-state index in [0.717, 1.165) is 0 Å². The molecule has 0 fully saturated rings. The van der Waals surface area contributed by atoms with E-state index in [1.807, 2.05) is 19.1 Å². The summed E-state index contributed by atoms with van der Waals surface area (Å²) in [5.41, 5.74) is 0.690. The number of benzene rings is 1. The van der Waals surface area contributed by atoms with E-state index in [4.69, 9.17) is 11.2 Å². The third-order valence-corrected chi connectivity index (χ3v) is 1.99. The molecule has 15 heavy (non-hydrogen) atoms. The number of rotatable bonds is 5. The van der Waals surface area contributed by atoms with Crippen LogP contribution in [0.5, 0.6) is 5.75 Å². The molecule has 0 radical (unpaired) electrons. The molecule has 2 heteroatoms. The smallest absolute Gasteiger partial charge is 0.162 e. The van der Waals surface area contributed by atoms with Gasteiger partial charge in [0.05, 0.1) is 6.61 Å². The minimum Gasteiger partial charge on any atom is -0.493 e. The second kappa shape index (κ2) is 5.87. The lowest BCUT2D eigenvalue weighted by molar-refractivity contribution is 0.0987. The Kier molecular flexibility index (Phi) is 4.43. The molecule has 0 saturated carbocycles. The summed E-state index contributed by atoms with van der Waals surface area (Å²) in [6.07, 6.45) is 6.19. The van der Waals surface area contributed by atoms with Crippen LogP contribution in [0.3, 0.4) is 0 Å². The van der Waals surface area contributed by atoms with Crippen molar-refractivity contribution < 1.29 is 9.53 Å². The van der Waals surface area contributed by atoms with Crippen molar-refractivity contribution >= 4 is 5.78 Å². The van der Waals surface area contributed by atoms with Gasteiger partial charge in [-0.25, -0.2) is 0 Å². The van der Waals surface area contributed by atoms with Gasteiger partial charge in [0.2, 0.25) is 0 Å². The van der Waals surface area contributed by atoms with Crippen LogP contribution < -0.4 is 4.74 Å². The first kappa shape index (κ1) is 11.3. The molecule has 78 valence electrons. The van der Waals surface area contributed by atoms with Gasteiger partial charge in [0.1, 0.15) is 5.75 Å². The highest BCUT2D eigenvalue weighted by molar-refractivity contribution is 5.96. The standard InChI is InChI=1S/C13H14O2/c1-3-5-9-15-12-8-6-7-11(10-12)13(14)4-2/h1,6-8,10H,4-5,9H2,2H3. The normalized spacial score (nSPS) is 9.33. The fraction of sp³-hybridized carbons (Fsp3) is 0.308. The third kappa shape index (κ3) is 3.47. The van der Waals surface area contributed by atoms with E-state index in [1.165, 1.54) is 0 Å². The summed E-state index contributed by atoms with van der Waals surface area (Å²) < 4.78 is 5.39. The number of hydrogen-bond acceptors (Lipinski definition) is 2. The zero-order valence-corrected chi connectivity index (χ0v) is 8.82. The molecule has 0 aliphatic carbocycles. The highest BCUT2D eigenvalue weighted by Crippen LogP contribution is 2.14. The Bertz CT molecular complexity index is 374. The van der Waals surface area contributed by atoms with E-state index in [2.05, 4.69) is 5.92 Å². The molecule has 1 aromatic rings. The predicted octanol–water partition coefficient (Wildman–Crippen LogP) is 2.68. The van der Waals surface area contributed by atoms with E-state index in [0.29, 0.717) is 30.8 Å². The monoisotopic (exact) mass is 202 g/mol. The van der Waals surface area contributed by atoms with Crippen LogP contribution in [0.15, 0.2) is 24.3 Å². The molecule has 0 atom stereocenters. The minimum absolute atomic E-state index is 0.123. The van der Waals surface area contributed by atoms with Crippen LogP contribution in [0, 0.1) is 12.3 Å². The Morgan fingerprint density at radius 1 is 1.53 bits per heavy atom. The van der Waals surface area contributed by atoms with Gasteiger partial charge in [-0.2, -0.15) is 0 Å². The maximum Gasteiger partial charge on any atom is 0.162 e. The summed E-state index contributed by atoms with van der Waals surface area (Å²) in [6.45, 7) is 2.33. The van der Waals surface area contributed by atoms with Crippen molar-refractivity contribution in [3.8, 4) is 18.1 Å². The molecular formula is C13H14O2. The maximum absolute atomic E-state index is 11.4. The van der Waals surface area contributed by atoms with E-state index >= 15 is 0 Å². The fourth-order valence-electron chi connectivity index (χ4n) is 1.19. The van der Waals surface area contributed by atoms with Gasteiger partial charge >= 0.3 is 0 Å². The highest BCUT2D eigenvalue weighted by Gasteiger charge is 2.03. The van der Waals surface area contributed by atoms with Crippen LogP contribution in [0.25, 0.3) is 0 Å². The number of terminal acetylenes is 1. The Labute approximate surface area is 90.3 Å². The summed E-state index contributed by atoms with van der Waals surface area (Å²) in [4.78, 5) is 11.4.